The van der Waals surface area contributed by atoms with E-state index in [1.807, 2.05) is 6.92 Å². The molecule has 2 N–H and O–H groups in total. The second kappa shape index (κ2) is 8.76. The summed E-state index contributed by atoms with van der Waals surface area (Å²) in [5.41, 5.74) is 2.50. The minimum Gasteiger partial charge on any atom is -0.494 e. The first-order chi connectivity index (χ1) is 13.3. The Kier molecular flexibility index (Phi) is 6.15. The third-order valence-electron chi connectivity index (χ3n) is 6.19. The highest BCUT2D eigenvalue weighted by molar-refractivity contribution is 7.71. The van der Waals surface area contributed by atoms with Gasteiger partial charge in [0.1, 0.15) is 5.75 Å². The maximum absolute atomic E-state index is 6.00. The summed E-state index contributed by atoms with van der Waals surface area (Å²) in [5, 5.41) is 0. The van der Waals surface area contributed by atoms with E-state index >= 15 is 0 Å². The van der Waals surface area contributed by atoms with E-state index in [0.717, 1.165) is 23.9 Å². The van der Waals surface area contributed by atoms with Gasteiger partial charge < -0.3 is 14.5 Å². The van der Waals surface area contributed by atoms with Crippen LogP contribution in [-0.4, -0.2) is 41.9 Å². The van der Waals surface area contributed by atoms with Gasteiger partial charge in [-0.3, -0.25) is 9.13 Å². The van der Waals surface area contributed by atoms with Gasteiger partial charge in [-0.2, -0.15) is 0 Å². The molecule has 0 aliphatic carbocycles. The molecule has 2 saturated heterocycles. The van der Waals surface area contributed by atoms with E-state index in [-0.39, 0.29) is 0 Å². The van der Waals surface area contributed by atoms with Crippen molar-refractivity contribution < 1.29 is 14.5 Å². The van der Waals surface area contributed by atoms with Crippen LogP contribution in [-0.2, 0) is 13.3 Å². The molecule has 0 radical (unpaired) electrons. The number of likely N-dealkylation sites (tertiary alicyclic amines) is 2. The van der Waals surface area contributed by atoms with Crippen LogP contribution < -0.4 is 14.5 Å². The molecule has 148 valence electrons. The maximum atomic E-state index is 6.00. The first kappa shape index (κ1) is 19.0. The predicted molar refractivity (Wildman–Crippen MR) is 111 cm³/mol. The molecule has 27 heavy (non-hydrogen) atoms. The number of hydrogen-bond donors (Lipinski definition) is 2. The summed E-state index contributed by atoms with van der Waals surface area (Å²) >= 11 is 6.00. The van der Waals surface area contributed by atoms with Crippen LogP contribution in [0.2, 0.25) is 0 Å². The Morgan fingerprint density at radius 1 is 0.852 bits per heavy atom. The molecule has 2 aliphatic rings. The second-order valence-corrected chi connectivity index (χ2v) is 8.52. The van der Waals surface area contributed by atoms with Crippen molar-refractivity contribution in [1.82, 2.24) is 9.13 Å². The average molecular weight is 391 g/mol. The Morgan fingerprint density at radius 2 is 1.41 bits per heavy atom. The average Bonchev–Trinajstić information content (AvgIpc) is 2.95. The standard InChI is InChI=1S/C21H32N4OS/c1-2-26-18-9-10-19-20(15-18)25(17-23-13-7-4-8-14-23)21(27)24(19)16-22-11-5-3-6-12-22/h9-10,15H,2-8,11-14,16-17H2,1H3/p+2. The van der Waals surface area contributed by atoms with E-state index in [9.17, 15) is 0 Å². The van der Waals surface area contributed by atoms with E-state index in [4.69, 9.17) is 17.0 Å². The zero-order valence-electron chi connectivity index (χ0n) is 16.6. The van der Waals surface area contributed by atoms with Gasteiger partial charge in [0.15, 0.2) is 18.1 Å². The number of nitrogens with zero attached hydrogens (tertiary/aromatic N) is 2. The highest BCUT2D eigenvalue weighted by Crippen LogP contribution is 2.23. The largest absolute Gasteiger partial charge is 0.494 e. The van der Waals surface area contributed by atoms with Gasteiger partial charge in [-0.1, -0.05) is 0 Å². The molecule has 2 aliphatic heterocycles. The Hall–Kier alpha value is -1.37. The summed E-state index contributed by atoms with van der Waals surface area (Å²) < 4.78 is 11.5. The van der Waals surface area contributed by atoms with Crippen LogP contribution in [0.1, 0.15) is 45.4 Å². The van der Waals surface area contributed by atoms with Gasteiger partial charge in [0, 0.05) is 6.07 Å². The molecule has 0 saturated carbocycles. The van der Waals surface area contributed by atoms with Gasteiger partial charge >= 0.3 is 0 Å². The van der Waals surface area contributed by atoms with Crippen molar-refractivity contribution >= 4 is 23.3 Å². The minimum absolute atomic E-state index is 0.697. The van der Waals surface area contributed by atoms with Crippen molar-refractivity contribution in [3.63, 3.8) is 0 Å². The lowest BCUT2D eigenvalue weighted by Crippen LogP contribution is -3.12. The number of imidazole rings is 1. The molecule has 1 aromatic carbocycles. The Bertz CT molecular complexity index is 815. The molecule has 5 nitrogen and oxygen atoms in total. The van der Waals surface area contributed by atoms with Crippen LogP contribution in [0.5, 0.6) is 5.75 Å². The predicted octanol–water partition coefficient (Wildman–Crippen LogP) is 1.62. The van der Waals surface area contributed by atoms with Crippen molar-refractivity contribution in [3.05, 3.63) is 23.0 Å². The number of benzene rings is 1. The number of rotatable bonds is 6. The summed E-state index contributed by atoms with van der Waals surface area (Å²) in [7, 11) is 0. The molecule has 0 spiro atoms. The molecule has 2 aromatic rings. The lowest BCUT2D eigenvalue weighted by molar-refractivity contribution is -0.928. The molecule has 3 heterocycles. The minimum atomic E-state index is 0.697. The molecule has 0 unspecified atom stereocenters. The van der Waals surface area contributed by atoms with Crippen molar-refractivity contribution in [2.75, 3.05) is 32.8 Å². The van der Waals surface area contributed by atoms with Crippen LogP contribution >= 0.6 is 12.2 Å². The molecule has 0 bridgehead atoms. The Labute approximate surface area is 167 Å². The zero-order chi connectivity index (χ0) is 18.6. The van der Waals surface area contributed by atoms with Gasteiger partial charge in [0.2, 0.25) is 0 Å². The summed E-state index contributed by atoms with van der Waals surface area (Å²) in [5.74, 6) is 0.949. The Morgan fingerprint density at radius 3 is 1.96 bits per heavy atom. The SMILES string of the molecule is CCOc1ccc2c(c1)n(C[NH+]1CCCCC1)c(=S)n2C[NH+]1CCCCC1. The summed E-state index contributed by atoms with van der Waals surface area (Å²) in [6, 6.07) is 6.50. The van der Waals surface area contributed by atoms with Crippen LogP contribution in [0.25, 0.3) is 11.0 Å². The van der Waals surface area contributed by atoms with E-state index in [1.165, 1.54) is 75.7 Å². The fourth-order valence-electron chi connectivity index (χ4n) is 4.73. The molecule has 6 heteroatoms. The van der Waals surface area contributed by atoms with Gasteiger partial charge in [-0.15, -0.1) is 0 Å². The maximum Gasteiger partial charge on any atom is 0.189 e. The van der Waals surface area contributed by atoms with Gasteiger partial charge in [0.05, 0.1) is 43.8 Å². The molecule has 0 amide bonds. The van der Waals surface area contributed by atoms with Crippen LogP contribution in [0.15, 0.2) is 18.2 Å². The fourth-order valence-corrected chi connectivity index (χ4v) is 5.05. The van der Waals surface area contributed by atoms with Gasteiger partial charge in [-0.05, 0) is 69.8 Å². The van der Waals surface area contributed by atoms with Crippen molar-refractivity contribution in [2.45, 2.75) is 58.8 Å². The number of aromatic nitrogens is 2. The Balaban J connectivity index is 1.70. The van der Waals surface area contributed by atoms with E-state index in [0.29, 0.717) is 6.61 Å². The van der Waals surface area contributed by atoms with E-state index in [2.05, 4.69) is 27.3 Å². The lowest BCUT2D eigenvalue weighted by atomic mass is 10.1. The highest BCUT2D eigenvalue weighted by atomic mass is 32.1. The normalized spacial score (nSPS) is 19.6. The van der Waals surface area contributed by atoms with Crippen molar-refractivity contribution in [2.24, 2.45) is 0 Å². The highest BCUT2D eigenvalue weighted by Gasteiger charge is 2.21. The van der Waals surface area contributed by atoms with Gasteiger partial charge in [0.25, 0.3) is 0 Å². The molecular formula is C21H34N4OS+2. The number of fused-ring (bicyclic) bond motifs is 1. The summed E-state index contributed by atoms with van der Waals surface area (Å²) in [6.45, 7) is 9.76. The second-order valence-electron chi connectivity index (χ2n) is 8.16. The van der Waals surface area contributed by atoms with E-state index in [1.54, 1.807) is 9.80 Å². The third-order valence-corrected chi connectivity index (χ3v) is 6.63. The number of quaternary nitrogens is 2. The number of ether oxygens (including phenoxy) is 1. The van der Waals surface area contributed by atoms with Crippen molar-refractivity contribution in [1.29, 1.82) is 0 Å². The van der Waals surface area contributed by atoms with Crippen LogP contribution in [0.3, 0.4) is 0 Å². The fraction of sp³-hybridized carbons (Fsp3) is 0.667. The zero-order valence-corrected chi connectivity index (χ0v) is 17.5. The first-order valence-electron chi connectivity index (χ1n) is 10.8. The molecule has 4 rings (SSSR count). The van der Waals surface area contributed by atoms with E-state index < -0.39 is 0 Å². The van der Waals surface area contributed by atoms with Crippen molar-refractivity contribution in [3.8, 4) is 5.75 Å². The number of piperidine rings is 2. The first-order valence-corrected chi connectivity index (χ1v) is 11.2. The smallest absolute Gasteiger partial charge is 0.189 e. The van der Waals surface area contributed by atoms with Crippen LogP contribution in [0.4, 0.5) is 0 Å². The topological polar surface area (TPSA) is 28.0 Å². The summed E-state index contributed by atoms with van der Waals surface area (Å²) in [6.07, 6.45) is 8.12. The summed E-state index contributed by atoms with van der Waals surface area (Å²) in [4.78, 5) is 3.32. The molecular weight excluding hydrogens is 356 g/mol. The molecule has 2 fully saturated rings. The third kappa shape index (κ3) is 4.23. The number of nitrogens with one attached hydrogen (secondary N) is 2. The molecule has 0 atom stereocenters. The van der Waals surface area contributed by atoms with Gasteiger partial charge in [-0.25, -0.2) is 0 Å². The van der Waals surface area contributed by atoms with Crippen LogP contribution in [0, 0.1) is 4.77 Å². The quantitative estimate of drug-likeness (QED) is 0.734. The monoisotopic (exact) mass is 390 g/mol. The number of hydrogen-bond acceptors (Lipinski definition) is 2. The molecule has 1 aromatic heterocycles. The lowest BCUT2D eigenvalue weighted by Gasteiger charge is -2.24.